The van der Waals surface area contributed by atoms with E-state index in [0.717, 1.165) is 18.6 Å². The number of benzene rings is 1. The zero-order valence-electron chi connectivity index (χ0n) is 12.0. The second kappa shape index (κ2) is 6.54. The first-order chi connectivity index (χ1) is 9.86. The standard InChI is InChI=1S/C15H18ClNO3S/c1-11(5-6-12-4-3-9-20-12)17-15-10-13(21(2,18)19)7-8-14(15)16/h3-4,7-11,17H,5-6H2,1-2H3. The first-order valence-corrected chi connectivity index (χ1v) is 8.92. The van der Waals surface area contributed by atoms with Gasteiger partial charge in [-0.05, 0) is 43.7 Å². The summed E-state index contributed by atoms with van der Waals surface area (Å²) < 4.78 is 28.4. The highest BCUT2D eigenvalue weighted by Gasteiger charge is 2.12. The van der Waals surface area contributed by atoms with E-state index in [-0.39, 0.29) is 10.9 Å². The van der Waals surface area contributed by atoms with E-state index in [9.17, 15) is 8.42 Å². The molecule has 2 aromatic rings. The molecule has 114 valence electrons. The van der Waals surface area contributed by atoms with Crippen LogP contribution in [-0.4, -0.2) is 20.7 Å². The summed E-state index contributed by atoms with van der Waals surface area (Å²) in [5.41, 5.74) is 0.631. The van der Waals surface area contributed by atoms with Crippen LogP contribution in [0.4, 0.5) is 5.69 Å². The summed E-state index contributed by atoms with van der Waals surface area (Å²) in [5.74, 6) is 0.930. The maximum Gasteiger partial charge on any atom is 0.175 e. The van der Waals surface area contributed by atoms with Gasteiger partial charge >= 0.3 is 0 Å². The van der Waals surface area contributed by atoms with Crippen LogP contribution in [-0.2, 0) is 16.3 Å². The molecule has 4 nitrogen and oxygen atoms in total. The van der Waals surface area contributed by atoms with E-state index in [2.05, 4.69) is 5.32 Å². The molecule has 1 unspecified atom stereocenters. The van der Waals surface area contributed by atoms with Crippen LogP contribution in [0, 0.1) is 0 Å². The minimum Gasteiger partial charge on any atom is -0.469 e. The second-order valence-electron chi connectivity index (χ2n) is 5.08. The zero-order chi connectivity index (χ0) is 15.5. The van der Waals surface area contributed by atoms with Gasteiger partial charge in [0, 0.05) is 18.7 Å². The van der Waals surface area contributed by atoms with Crippen LogP contribution in [0.1, 0.15) is 19.1 Å². The highest BCUT2D eigenvalue weighted by Crippen LogP contribution is 2.26. The fourth-order valence-electron chi connectivity index (χ4n) is 2.00. The Morgan fingerprint density at radius 3 is 2.71 bits per heavy atom. The number of hydrogen-bond acceptors (Lipinski definition) is 4. The number of rotatable bonds is 6. The molecule has 1 N–H and O–H groups in total. The van der Waals surface area contributed by atoms with E-state index < -0.39 is 9.84 Å². The Morgan fingerprint density at radius 1 is 1.33 bits per heavy atom. The lowest BCUT2D eigenvalue weighted by molar-refractivity contribution is 0.495. The molecule has 0 saturated carbocycles. The Kier molecular flexibility index (Phi) is 4.96. The lowest BCUT2D eigenvalue weighted by Crippen LogP contribution is -2.16. The summed E-state index contributed by atoms with van der Waals surface area (Å²) in [6.45, 7) is 2.02. The monoisotopic (exact) mass is 327 g/mol. The maximum atomic E-state index is 11.6. The number of halogens is 1. The summed E-state index contributed by atoms with van der Waals surface area (Å²) in [6, 6.07) is 8.61. The van der Waals surface area contributed by atoms with Gasteiger partial charge in [0.2, 0.25) is 0 Å². The van der Waals surface area contributed by atoms with Crippen molar-refractivity contribution in [1.29, 1.82) is 0 Å². The van der Waals surface area contributed by atoms with E-state index in [4.69, 9.17) is 16.0 Å². The Bertz CT molecular complexity index is 696. The van der Waals surface area contributed by atoms with Gasteiger partial charge in [0.05, 0.1) is 21.9 Å². The van der Waals surface area contributed by atoms with Gasteiger partial charge in [-0.3, -0.25) is 0 Å². The van der Waals surface area contributed by atoms with Crippen molar-refractivity contribution in [3.05, 3.63) is 47.4 Å². The summed E-state index contributed by atoms with van der Waals surface area (Å²) >= 11 is 6.11. The first kappa shape index (κ1) is 15.9. The van der Waals surface area contributed by atoms with Crippen LogP contribution in [0.15, 0.2) is 45.9 Å². The third-order valence-electron chi connectivity index (χ3n) is 3.17. The molecule has 2 rings (SSSR count). The van der Waals surface area contributed by atoms with Crippen LogP contribution in [0.3, 0.4) is 0 Å². The summed E-state index contributed by atoms with van der Waals surface area (Å²) in [6.07, 6.45) is 4.50. The third-order valence-corrected chi connectivity index (χ3v) is 4.61. The summed E-state index contributed by atoms with van der Waals surface area (Å²) in [5, 5.41) is 3.75. The molecule has 0 saturated heterocycles. The van der Waals surface area contributed by atoms with E-state index in [1.807, 2.05) is 19.1 Å². The smallest absolute Gasteiger partial charge is 0.175 e. The van der Waals surface area contributed by atoms with Crippen molar-refractivity contribution in [2.75, 3.05) is 11.6 Å². The van der Waals surface area contributed by atoms with Gasteiger partial charge < -0.3 is 9.73 Å². The summed E-state index contributed by atoms with van der Waals surface area (Å²) in [7, 11) is -3.24. The highest BCUT2D eigenvalue weighted by molar-refractivity contribution is 7.90. The number of furan rings is 1. The van der Waals surface area contributed by atoms with Crippen LogP contribution < -0.4 is 5.32 Å². The molecule has 1 heterocycles. The average Bonchev–Trinajstić information content (AvgIpc) is 2.91. The number of anilines is 1. The largest absolute Gasteiger partial charge is 0.469 e. The molecular weight excluding hydrogens is 310 g/mol. The molecule has 0 aliphatic heterocycles. The molecule has 0 amide bonds. The first-order valence-electron chi connectivity index (χ1n) is 6.65. The van der Waals surface area contributed by atoms with Crippen molar-refractivity contribution in [1.82, 2.24) is 0 Å². The van der Waals surface area contributed by atoms with Crippen molar-refractivity contribution in [3.8, 4) is 0 Å². The number of nitrogens with one attached hydrogen (secondary N) is 1. The molecule has 1 aromatic heterocycles. The lowest BCUT2D eigenvalue weighted by atomic mass is 10.1. The molecule has 0 spiro atoms. The van der Waals surface area contributed by atoms with E-state index in [0.29, 0.717) is 10.7 Å². The minimum atomic E-state index is -3.24. The van der Waals surface area contributed by atoms with E-state index in [1.54, 1.807) is 18.4 Å². The van der Waals surface area contributed by atoms with E-state index in [1.165, 1.54) is 12.3 Å². The highest BCUT2D eigenvalue weighted by atomic mass is 35.5. The molecule has 0 aliphatic rings. The predicted octanol–water partition coefficient (Wildman–Crippen LogP) is 3.77. The van der Waals surface area contributed by atoms with Crippen molar-refractivity contribution >= 4 is 27.1 Å². The van der Waals surface area contributed by atoms with Crippen molar-refractivity contribution in [2.45, 2.75) is 30.7 Å². The Morgan fingerprint density at radius 2 is 2.10 bits per heavy atom. The van der Waals surface area contributed by atoms with Crippen LogP contribution in [0.25, 0.3) is 0 Å². The minimum absolute atomic E-state index is 0.141. The molecular formula is C15H18ClNO3S. The molecule has 0 aliphatic carbocycles. The molecule has 1 aromatic carbocycles. The normalized spacial score (nSPS) is 13.1. The predicted molar refractivity (Wildman–Crippen MR) is 84.7 cm³/mol. The molecule has 6 heteroatoms. The fraction of sp³-hybridized carbons (Fsp3) is 0.333. The summed E-state index contributed by atoms with van der Waals surface area (Å²) in [4.78, 5) is 0.257. The van der Waals surface area contributed by atoms with E-state index >= 15 is 0 Å². The number of aryl methyl sites for hydroxylation is 1. The van der Waals surface area contributed by atoms with Gasteiger partial charge in [0.25, 0.3) is 0 Å². The third kappa shape index (κ3) is 4.51. The molecule has 0 bridgehead atoms. The number of hydrogen-bond donors (Lipinski definition) is 1. The average molecular weight is 328 g/mol. The van der Waals surface area contributed by atoms with Crippen LogP contribution >= 0.6 is 11.6 Å². The molecule has 21 heavy (non-hydrogen) atoms. The van der Waals surface area contributed by atoms with Crippen molar-refractivity contribution < 1.29 is 12.8 Å². The van der Waals surface area contributed by atoms with Gasteiger partial charge in [-0.25, -0.2) is 8.42 Å². The Balaban J connectivity index is 2.04. The van der Waals surface area contributed by atoms with Gasteiger partial charge in [0.1, 0.15) is 5.76 Å². The fourth-order valence-corrected chi connectivity index (χ4v) is 2.82. The van der Waals surface area contributed by atoms with Gasteiger partial charge in [-0.1, -0.05) is 11.6 Å². The lowest BCUT2D eigenvalue weighted by Gasteiger charge is -2.16. The van der Waals surface area contributed by atoms with Crippen molar-refractivity contribution in [2.24, 2.45) is 0 Å². The maximum absolute atomic E-state index is 11.6. The Labute approximate surface area is 130 Å². The quantitative estimate of drug-likeness (QED) is 0.877. The SMILES string of the molecule is CC(CCc1ccco1)Nc1cc(S(C)(=O)=O)ccc1Cl. The second-order valence-corrected chi connectivity index (χ2v) is 7.50. The van der Waals surface area contributed by atoms with Gasteiger partial charge in [-0.15, -0.1) is 0 Å². The molecule has 1 atom stereocenters. The Hall–Kier alpha value is -1.46. The number of sulfone groups is 1. The molecule has 0 radical (unpaired) electrons. The van der Waals surface area contributed by atoms with Gasteiger partial charge in [0.15, 0.2) is 9.84 Å². The van der Waals surface area contributed by atoms with Crippen LogP contribution in [0.5, 0.6) is 0 Å². The van der Waals surface area contributed by atoms with Crippen molar-refractivity contribution in [3.63, 3.8) is 0 Å². The topological polar surface area (TPSA) is 59.3 Å². The zero-order valence-corrected chi connectivity index (χ0v) is 13.5. The van der Waals surface area contributed by atoms with Crippen LogP contribution in [0.2, 0.25) is 5.02 Å². The molecule has 0 fully saturated rings. The van der Waals surface area contributed by atoms with Gasteiger partial charge in [-0.2, -0.15) is 0 Å².